The van der Waals surface area contributed by atoms with E-state index < -0.39 is 17.5 Å². The molecule has 6 heteroatoms. The number of hydrogen-bond acceptors (Lipinski definition) is 2. The number of fused-ring (bicyclic) bond motifs is 1. The van der Waals surface area contributed by atoms with Gasteiger partial charge in [-0.25, -0.2) is 13.8 Å². The van der Waals surface area contributed by atoms with Gasteiger partial charge in [0.25, 0.3) is 5.91 Å². The van der Waals surface area contributed by atoms with Crippen molar-refractivity contribution in [3.63, 3.8) is 0 Å². The Kier molecular flexibility index (Phi) is 4.16. The van der Waals surface area contributed by atoms with Crippen LogP contribution in [0, 0.1) is 11.6 Å². The number of halogens is 2. The van der Waals surface area contributed by atoms with E-state index in [4.69, 9.17) is 0 Å². The number of benzene rings is 2. The molecule has 1 amide bonds. The normalized spacial score (nSPS) is 10.9. The van der Waals surface area contributed by atoms with E-state index in [0.29, 0.717) is 27.8 Å². The Morgan fingerprint density at radius 1 is 1.00 bits per heavy atom. The summed E-state index contributed by atoms with van der Waals surface area (Å²) < 4.78 is 28.8. The van der Waals surface area contributed by atoms with Crippen LogP contribution in [0.3, 0.4) is 0 Å². The van der Waals surface area contributed by atoms with Crippen molar-refractivity contribution in [2.45, 2.75) is 0 Å². The third kappa shape index (κ3) is 3.29. The van der Waals surface area contributed by atoms with Gasteiger partial charge in [-0.15, -0.1) is 0 Å². The Hall–Kier alpha value is -3.54. The smallest absolute Gasteiger partial charge is 0.256 e. The van der Waals surface area contributed by atoms with E-state index in [2.05, 4.69) is 10.3 Å². The van der Waals surface area contributed by atoms with Crippen molar-refractivity contribution in [3.8, 4) is 11.4 Å². The van der Waals surface area contributed by atoms with Gasteiger partial charge in [-0.2, -0.15) is 0 Å². The molecule has 0 saturated heterocycles. The molecule has 0 bridgehead atoms. The van der Waals surface area contributed by atoms with E-state index in [1.54, 1.807) is 12.1 Å². The summed E-state index contributed by atoms with van der Waals surface area (Å²) in [5.41, 5.74) is 2.69. The third-order valence-corrected chi connectivity index (χ3v) is 4.32. The van der Waals surface area contributed by atoms with E-state index in [1.165, 1.54) is 36.4 Å². The van der Waals surface area contributed by atoms with Crippen molar-refractivity contribution in [1.29, 1.82) is 0 Å². The van der Waals surface area contributed by atoms with E-state index in [1.807, 2.05) is 29.9 Å². The van der Waals surface area contributed by atoms with E-state index >= 15 is 0 Å². The van der Waals surface area contributed by atoms with E-state index in [-0.39, 0.29) is 0 Å². The molecular weight excluding hydrogens is 348 g/mol. The average Bonchev–Trinajstić information content (AvgIpc) is 3.08. The number of hydrogen-bond donors (Lipinski definition) is 1. The van der Waals surface area contributed by atoms with Gasteiger partial charge in [0.2, 0.25) is 0 Å². The molecule has 0 aliphatic heterocycles. The van der Waals surface area contributed by atoms with Crippen molar-refractivity contribution < 1.29 is 13.6 Å². The maximum Gasteiger partial charge on any atom is 0.256 e. The zero-order chi connectivity index (χ0) is 19.0. The molecule has 1 N–H and O–H groups in total. The Morgan fingerprint density at radius 3 is 2.44 bits per heavy atom. The summed E-state index contributed by atoms with van der Waals surface area (Å²) in [5, 5.41) is 3.13. The average molecular weight is 363 g/mol. The van der Waals surface area contributed by atoms with Gasteiger partial charge in [-0.05, 0) is 60.7 Å². The van der Waals surface area contributed by atoms with Gasteiger partial charge in [0.15, 0.2) is 0 Å². The van der Waals surface area contributed by atoms with Crippen LogP contribution in [0.2, 0.25) is 0 Å². The molecule has 4 aromatic rings. The molecule has 0 aliphatic rings. The summed E-state index contributed by atoms with van der Waals surface area (Å²) in [6, 6.07) is 15.0. The monoisotopic (exact) mass is 363 g/mol. The number of aromatic nitrogens is 2. The fraction of sp³-hybridized carbons (Fsp3) is 0.0476. The number of anilines is 1. The highest BCUT2D eigenvalue weighted by molar-refractivity contribution is 6.13. The number of nitrogens with zero attached hydrogens (tertiary/aromatic N) is 2. The van der Waals surface area contributed by atoms with E-state index in [0.717, 1.165) is 5.69 Å². The van der Waals surface area contributed by atoms with Crippen LogP contribution in [0.15, 0.2) is 66.9 Å². The first kappa shape index (κ1) is 16.9. The molecule has 2 aromatic heterocycles. The number of carbonyl (C=O) groups excluding carboxylic acids is 1. The summed E-state index contributed by atoms with van der Waals surface area (Å²) in [6.07, 6.45) is 1.88. The molecule has 0 saturated carbocycles. The van der Waals surface area contributed by atoms with Gasteiger partial charge in [0.05, 0.1) is 22.5 Å². The molecule has 0 atom stereocenters. The second kappa shape index (κ2) is 6.64. The number of carbonyl (C=O) groups is 1. The number of aryl methyl sites for hydroxylation is 1. The zero-order valence-electron chi connectivity index (χ0n) is 14.4. The van der Waals surface area contributed by atoms with Crippen LogP contribution in [-0.4, -0.2) is 15.5 Å². The number of pyridine rings is 1. The van der Waals surface area contributed by atoms with Crippen molar-refractivity contribution in [1.82, 2.24) is 9.55 Å². The molecule has 134 valence electrons. The molecule has 0 unspecified atom stereocenters. The molecule has 2 heterocycles. The van der Waals surface area contributed by atoms with Crippen LogP contribution < -0.4 is 5.32 Å². The van der Waals surface area contributed by atoms with Gasteiger partial charge < -0.3 is 9.88 Å². The summed E-state index contributed by atoms with van der Waals surface area (Å²) in [6.45, 7) is 0. The molecule has 27 heavy (non-hydrogen) atoms. The van der Waals surface area contributed by atoms with Crippen LogP contribution in [0.5, 0.6) is 0 Å². The third-order valence-electron chi connectivity index (χ3n) is 4.32. The molecule has 0 radical (unpaired) electrons. The topological polar surface area (TPSA) is 46.9 Å². The molecule has 0 spiro atoms. The predicted octanol–water partition coefficient (Wildman–Crippen LogP) is 4.77. The second-order valence-corrected chi connectivity index (χ2v) is 6.18. The van der Waals surface area contributed by atoms with Crippen LogP contribution in [0.1, 0.15) is 10.4 Å². The maximum atomic E-state index is 13.8. The molecule has 0 fully saturated rings. The van der Waals surface area contributed by atoms with E-state index in [9.17, 15) is 13.6 Å². The van der Waals surface area contributed by atoms with Crippen molar-refractivity contribution >= 4 is 22.5 Å². The Morgan fingerprint density at radius 2 is 1.74 bits per heavy atom. The highest BCUT2D eigenvalue weighted by Crippen LogP contribution is 2.26. The lowest BCUT2D eigenvalue weighted by Crippen LogP contribution is -2.13. The van der Waals surface area contributed by atoms with Gasteiger partial charge in [-0.1, -0.05) is 0 Å². The molecule has 2 aromatic carbocycles. The van der Waals surface area contributed by atoms with Crippen LogP contribution in [0.25, 0.3) is 22.3 Å². The fourth-order valence-electron chi connectivity index (χ4n) is 2.98. The lowest BCUT2D eigenvalue weighted by molar-refractivity contribution is 0.102. The van der Waals surface area contributed by atoms with Crippen molar-refractivity contribution in [3.05, 3.63) is 84.1 Å². The van der Waals surface area contributed by atoms with Gasteiger partial charge in [0.1, 0.15) is 11.6 Å². The molecule has 0 aliphatic carbocycles. The predicted molar refractivity (Wildman–Crippen MR) is 100 cm³/mol. The van der Waals surface area contributed by atoms with Crippen LogP contribution in [-0.2, 0) is 7.05 Å². The van der Waals surface area contributed by atoms with Crippen LogP contribution in [0.4, 0.5) is 14.5 Å². The van der Waals surface area contributed by atoms with Gasteiger partial charge in [0, 0.05) is 24.3 Å². The Labute approximate surface area is 154 Å². The maximum absolute atomic E-state index is 13.8. The minimum absolute atomic E-state index is 0.292. The summed E-state index contributed by atoms with van der Waals surface area (Å²) >= 11 is 0. The Bertz CT molecular complexity index is 1150. The highest BCUT2D eigenvalue weighted by atomic mass is 19.1. The van der Waals surface area contributed by atoms with Gasteiger partial charge in [-0.3, -0.25) is 4.79 Å². The first-order chi connectivity index (χ1) is 13.0. The minimum Gasteiger partial charge on any atom is -0.349 e. The number of rotatable bonds is 3. The number of amides is 1. The lowest BCUT2D eigenvalue weighted by Gasteiger charge is -2.11. The highest BCUT2D eigenvalue weighted by Gasteiger charge is 2.16. The van der Waals surface area contributed by atoms with Crippen molar-refractivity contribution in [2.24, 2.45) is 7.05 Å². The first-order valence-electron chi connectivity index (χ1n) is 8.30. The zero-order valence-corrected chi connectivity index (χ0v) is 14.4. The van der Waals surface area contributed by atoms with Crippen molar-refractivity contribution in [2.75, 3.05) is 5.32 Å². The minimum atomic E-state index is -0.452. The molecular formula is C21H15F2N3O. The second-order valence-electron chi connectivity index (χ2n) is 6.18. The first-order valence-corrected chi connectivity index (χ1v) is 8.30. The molecule has 4 nitrogen and oxygen atoms in total. The quantitative estimate of drug-likeness (QED) is 0.570. The Balaban J connectivity index is 1.84. The summed E-state index contributed by atoms with van der Waals surface area (Å²) in [7, 11) is 1.88. The summed E-state index contributed by atoms with van der Waals surface area (Å²) in [4.78, 5) is 17.4. The summed E-state index contributed by atoms with van der Waals surface area (Å²) in [5.74, 6) is -1.27. The number of nitrogens with one attached hydrogen (secondary N) is 1. The van der Waals surface area contributed by atoms with Crippen LogP contribution >= 0.6 is 0 Å². The lowest BCUT2D eigenvalue weighted by atomic mass is 10.1. The standard InChI is InChI=1S/C21H15F2N3O/c1-26-10-2-3-20(26)19-12-17(16-11-14(23)6-9-18(16)25-19)21(27)24-15-7-4-13(22)5-8-15/h2-12H,1H3,(H,24,27). The fourth-order valence-corrected chi connectivity index (χ4v) is 2.98. The van der Waals surface area contributed by atoms with Gasteiger partial charge >= 0.3 is 0 Å². The SMILES string of the molecule is Cn1cccc1-c1cc(C(=O)Nc2ccc(F)cc2)c2cc(F)ccc2n1. The largest absolute Gasteiger partial charge is 0.349 e. The molecule has 4 rings (SSSR count).